The van der Waals surface area contributed by atoms with Gasteiger partial charge in [-0.3, -0.25) is 12.2 Å². The third kappa shape index (κ3) is 29.7. The van der Waals surface area contributed by atoms with Crippen molar-refractivity contribution in [2.75, 3.05) is 12.5 Å². The molecule has 0 radical (unpaired) electrons. The molecule has 0 spiro atoms. The molecule has 0 unspecified atom stereocenters. The van der Waals surface area contributed by atoms with Crippen LogP contribution >= 0.6 is 0 Å². The first-order valence-corrected chi connectivity index (χ1v) is 13.7. The Labute approximate surface area is 209 Å². The van der Waals surface area contributed by atoms with Crippen LogP contribution in [0.25, 0.3) is 0 Å². The predicted octanol–water partition coefficient (Wildman–Crippen LogP) is 4.83. The molecule has 2 rings (SSSR count). The van der Waals surface area contributed by atoms with Crippen molar-refractivity contribution in [3.8, 4) is 0 Å². The standard InChI is InChI=1S/2C10H15.2CH4O3S.Zr/c2*1-3-4-7-10-8-5-6-9(10)2;2*1-5(2,3)4;/h2*8H,3-5,7H2,1-2H3;2*1H3,(H,2,3,4);/q2*-1;;;+2/p-2. The van der Waals surface area contributed by atoms with Crippen LogP contribution in [0.5, 0.6) is 0 Å². The van der Waals surface area contributed by atoms with Crippen LogP contribution in [-0.4, -0.2) is 38.5 Å². The normalized spacial score (nSPS) is 14.7. The van der Waals surface area contributed by atoms with Crippen molar-refractivity contribution >= 4 is 20.2 Å². The quantitative estimate of drug-likeness (QED) is 0.345. The van der Waals surface area contributed by atoms with E-state index >= 15 is 0 Å². The Kier molecular flexibility index (Phi) is 21.8. The van der Waals surface area contributed by atoms with E-state index in [0.29, 0.717) is 12.5 Å². The van der Waals surface area contributed by atoms with Gasteiger partial charge in [0.25, 0.3) is 0 Å². The SMILES string of the molecule is CCCCC1=CC[C-]=C1C.CCCCC1=CC[C-]=C1C.CS(=O)(=O)[O-].CS(=O)(=O)[O-].[Zr+2]. The van der Waals surface area contributed by atoms with Gasteiger partial charge in [-0.2, -0.15) is 23.3 Å². The van der Waals surface area contributed by atoms with Gasteiger partial charge in [-0.05, 0) is 0 Å². The van der Waals surface area contributed by atoms with Crippen LogP contribution in [0.2, 0.25) is 0 Å². The zero-order valence-electron chi connectivity index (χ0n) is 19.6. The summed E-state index contributed by atoms with van der Waals surface area (Å²) >= 11 is 0. The molecule has 31 heavy (non-hydrogen) atoms. The Hall–Kier alpha value is -0.337. The summed E-state index contributed by atoms with van der Waals surface area (Å²) in [6.07, 6.45) is 22.3. The van der Waals surface area contributed by atoms with Gasteiger partial charge in [0, 0.05) is 12.5 Å². The number of allylic oxidation sites excluding steroid dienone is 8. The molecule has 2 aliphatic carbocycles. The smallest absolute Gasteiger partial charge is 0.748 e. The topological polar surface area (TPSA) is 114 Å². The fourth-order valence-corrected chi connectivity index (χ4v) is 2.50. The summed E-state index contributed by atoms with van der Waals surface area (Å²) in [4.78, 5) is 0. The summed E-state index contributed by atoms with van der Waals surface area (Å²) in [5, 5.41) is 0. The molecule has 0 atom stereocenters. The molecule has 2 aliphatic rings. The van der Waals surface area contributed by atoms with Gasteiger partial charge in [0.05, 0.1) is 20.2 Å². The van der Waals surface area contributed by atoms with E-state index in [1.165, 1.54) is 60.8 Å². The summed E-state index contributed by atoms with van der Waals surface area (Å²) < 4.78 is 54.5. The van der Waals surface area contributed by atoms with Crippen molar-refractivity contribution in [1.82, 2.24) is 0 Å². The molecule has 0 saturated heterocycles. The van der Waals surface area contributed by atoms with Gasteiger partial charge in [0.2, 0.25) is 0 Å². The van der Waals surface area contributed by atoms with Gasteiger partial charge in [-0.1, -0.05) is 66.2 Å². The van der Waals surface area contributed by atoms with Crippen molar-refractivity contribution in [2.24, 2.45) is 0 Å². The molecule has 0 fully saturated rings. The molecule has 0 saturated carbocycles. The van der Waals surface area contributed by atoms with Crippen molar-refractivity contribution in [3.05, 3.63) is 46.6 Å². The second-order valence-corrected chi connectivity index (χ2v) is 9.90. The Morgan fingerprint density at radius 1 is 0.774 bits per heavy atom. The second-order valence-electron chi connectivity index (χ2n) is 7.09. The summed E-state index contributed by atoms with van der Waals surface area (Å²) in [6, 6.07) is 0. The Bertz CT molecular complexity index is 734. The average Bonchev–Trinajstić information content (AvgIpc) is 3.16. The number of hydrogen-bond acceptors (Lipinski definition) is 6. The molecular weight excluding hydrogens is 516 g/mol. The van der Waals surface area contributed by atoms with Gasteiger partial charge in [-0.25, -0.2) is 28.0 Å². The van der Waals surface area contributed by atoms with Gasteiger partial charge in [-0.15, -0.1) is 12.8 Å². The van der Waals surface area contributed by atoms with Crippen molar-refractivity contribution in [2.45, 2.75) is 79.1 Å². The summed E-state index contributed by atoms with van der Waals surface area (Å²) in [7, 11) is -7.83. The third-order valence-electron chi connectivity index (χ3n) is 3.99. The van der Waals surface area contributed by atoms with Crippen molar-refractivity contribution in [3.63, 3.8) is 0 Å². The summed E-state index contributed by atoms with van der Waals surface area (Å²) in [5.74, 6) is 0. The molecule has 0 bridgehead atoms. The molecule has 0 amide bonds. The molecule has 178 valence electrons. The average molecular weight is 552 g/mol. The number of unbranched alkanes of at least 4 members (excludes halogenated alkanes) is 2. The van der Waals surface area contributed by atoms with Gasteiger partial charge < -0.3 is 9.11 Å². The van der Waals surface area contributed by atoms with Crippen LogP contribution in [0.1, 0.15) is 79.1 Å². The van der Waals surface area contributed by atoms with Gasteiger partial charge in [0.1, 0.15) is 0 Å². The predicted molar refractivity (Wildman–Crippen MR) is 121 cm³/mol. The van der Waals surface area contributed by atoms with Gasteiger partial charge >= 0.3 is 26.2 Å². The van der Waals surface area contributed by atoms with Crippen LogP contribution in [-0.2, 0) is 46.4 Å². The van der Waals surface area contributed by atoms with E-state index in [0.717, 1.165) is 12.8 Å². The van der Waals surface area contributed by atoms with Crippen LogP contribution in [0.3, 0.4) is 0 Å². The molecule has 6 nitrogen and oxygen atoms in total. The van der Waals surface area contributed by atoms with Crippen LogP contribution in [0.15, 0.2) is 34.4 Å². The second kappa shape index (κ2) is 19.2. The molecule has 0 aliphatic heterocycles. The molecular formula is C22H36O6S2Zr-2. The monoisotopic (exact) mass is 550 g/mol. The van der Waals surface area contributed by atoms with E-state index in [9.17, 15) is 0 Å². The zero-order chi connectivity index (χ0) is 23.8. The maximum Gasteiger partial charge on any atom is 2.00 e. The van der Waals surface area contributed by atoms with E-state index in [1.54, 1.807) is 0 Å². The van der Waals surface area contributed by atoms with E-state index in [4.69, 9.17) is 25.9 Å². The van der Waals surface area contributed by atoms with Crippen LogP contribution in [0.4, 0.5) is 0 Å². The Morgan fingerprint density at radius 2 is 1.03 bits per heavy atom. The maximum absolute atomic E-state index is 9.08. The first-order valence-electron chi connectivity index (χ1n) is 10.0. The number of rotatable bonds is 6. The molecule has 0 heterocycles. The zero-order valence-corrected chi connectivity index (χ0v) is 23.7. The molecule has 0 aromatic carbocycles. The first-order chi connectivity index (χ1) is 13.7. The third-order valence-corrected chi connectivity index (χ3v) is 3.99. The Morgan fingerprint density at radius 3 is 1.19 bits per heavy atom. The van der Waals surface area contributed by atoms with Crippen LogP contribution < -0.4 is 0 Å². The fourth-order valence-electron chi connectivity index (χ4n) is 2.50. The summed E-state index contributed by atoms with van der Waals surface area (Å²) in [5.41, 5.74) is 5.82. The van der Waals surface area contributed by atoms with E-state index in [2.05, 4.69) is 52.0 Å². The fraction of sp³-hybridized carbons (Fsp3) is 0.636. The largest absolute Gasteiger partial charge is 2.00 e. The van der Waals surface area contributed by atoms with Crippen LogP contribution in [0, 0.1) is 12.2 Å². The molecule has 0 aromatic heterocycles. The Balaban J connectivity index is -0.000000353. The van der Waals surface area contributed by atoms with E-state index in [-0.39, 0.29) is 26.2 Å². The van der Waals surface area contributed by atoms with Gasteiger partial charge in [0.15, 0.2) is 0 Å². The first kappa shape index (κ1) is 35.3. The molecule has 0 aromatic rings. The minimum absolute atomic E-state index is 0. The summed E-state index contributed by atoms with van der Waals surface area (Å²) in [6.45, 7) is 8.79. The minimum atomic E-state index is -3.92. The molecule has 9 heteroatoms. The van der Waals surface area contributed by atoms with E-state index < -0.39 is 20.2 Å². The van der Waals surface area contributed by atoms with E-state index in [1.807, 2.05) is 0 Å². The van der Waals surface area contributed by atoms with Crippen molar-refractivity contribution in [1.29, 1.82) is 0 Å². The minimum Gasteiger partial charge on any atom is -0.748 e. The number of hydrogen-bond donors (Lipinski definition) is 0. The molecule has 0 N–H and O–H groups in total. The maximum atomic E-state index is 9.08. The van der Waals surface area contributed by atoms with Crippen molar-refractivity contribution < 1.29 is 52.1 Å².